The summed E-state index contributed by atoms with van der Waals surface area (Å²) >= 11 is 2.15. The third kappa shape index (κ3) is 5.97. The Hall–Kier alpha value is -4.19. The molecule has 37 heavy (non-hydrogen) atoms. The lowest BCUT2D eigenvalue weighted by Crippen LogP contribution is -2.18. The van der Waals surface area contributed by atoms with Crippen molar-refractivity contribution < 1.29 is 23.9 Å². The maximum atomic E-state index is 12.6. The minimum Gasteiger partial charge on any atom is -0.496 e. The zero-order chi connectivity index (χ0) is 26.4. The quantitative estimate of drug-likeness (QED) is 0.112. The summed E-state index contributed by atoms with van der Waals surface area (Å²) in [6.07, 6.45) is 1.45. The molecule has 4 rings (SSSR count). The molecule has 1 N–H and O–H groups in total. The maximum Gasteiger partial charge on any atom is 0.275 e. The highest BCUT2D eigenvalue weighted by molar-refractivity contribution is 14.1. The lowest BCUT2D eigenvalue weighted by atomic mass is 10.1. The van der Waals surface area contributed by atoms with E-state index < -0.39 is 10.8 Å². The Morgan fingerprint density at radius 2 is 1.78 bits per heavy atom. The van der Waals surface area contributed by atoms with Gasteiger partial charge >= 0.3 is 0 Å². The van der Waals surface area contributed by atoms with E-state index in [1.807, 2.05) is 30.3 Å². The number of nitrogens with one attached hydrogen (secondary N) is 1. The molecular weight excluding hydrogens is 589 g/mol. The number of rotatable bonds is 9. The highest BCUT2D eigenvalue weighted by Gasteiger charge is 2.17. The lowest BCUT2D eigenvalue weighted by Gasteiger charge is -2.14. The molecule has 0 radical (unpaired) electrons. The van der Waals surface area contributed by atoms with Crippen molar-refractivity contribution in [2.24, 2.45) is 5.10 Å². The predicted molar refractivity (Wildman–Crippen MR) is 149 cm³/mol. The summed E-state index contributed by atoms with van der Waals surface area (Å²) in [4.78, 5) is 23.0. The van der Waals surface area contributed by atoms with Crippen LogP contribution in [0.3, 0.4) is 0 Å². The molecule has 1 amide bonds. The Bertz CT molecular complexity index is 1500. The maximum absolute atomic E-state index is 12.6. The Kier molecular flexibility index (Phi) is 8.18. The standard InChI is InChI=1S/C27H22IN3O6/c1-35-24-11-10-20(31(33)34)14-22(24)27(32)30-29-15-17-12-23(28)26(25(13-17)36-2)37-16-19-8-5-7-18-6-3-4-9-21(18)19/h3-15H,16H2,1-2H3,(H,30,32)/b29-15-. The summed E-state index contributed by atoms with van der Waals surface area (Å²) in [5.41, 5.74) is 3.86. The molecule has 0 fully saturated rings. The first-order chi connectivity index (χ1) is 17.9. The fourth-order valence-corrected chi connectivity index (χ4v) is 4.52. The Morgan fingerprint density at radius 1 is 1.03 bits per heavy atom. The topological polar surface area (TPSA) is 112 Å². The summed E-state index contributed by atoms with van der Waals surface area (Å²) < 4.78 is 17.6. The Morgan fingerprint density at radius 3 is 2.54 bits per heavy atom. The molecule has 0 atom stereocenters. The number of benzene rings is 4. The van der Waals surface area contributed by atoms with Gasteiger partial charge in [0.2, 0.25) is 0 Å². The SMILES string of the molecule is COc1ccc([N+](=O)[O-])cc1C(=O)N/N=C\c1cc(I)c(OCc2cccc3ccccc23)c(OC)c1. The normalized spacial score (nSPS) is 10.9. The Labute approximate surface area is 226 Å². The van der Waals surface area contributed by atoms with Crippen LogP contribution in [-0.4, -0.2) is 31.3 Å². The molecule has 0 aliphatic heterocycles. The molecule has 0 saturated carbocycles. The smallest absolute Gasteiger partial charge is 0.275 e. The largest absolute Gasteiger partial charge is 0.496 e. The fourth-order valence-electron chi connectivity index (χ4n) is 3.74. The molecule has 0 aliphatic rings. The second-order valence-electron chi connectivity index (χ2n) is 7.80. The minimum absolute atomic E-state index is 0.00167. The molecule has 4 aromatic rings. The van der Waals surface area contributed by atoms with E-state index in [0.29, 0.717) is 23.7 Å². The molecular formula is C27H22IN3O6. The first-order valence-corrected chi connectivity index (χ1v) is 12.1. The summed E-state index contributed by atoms with van der Waals surface area (Å²) in [6, 6.07) is 21.6. The number of ether oxygens (including phenoxy) is 3. The van der Waals surface area contributed by atoms with Crippen molar-refractivity contribution in [3.05, 3.63) is 103 Å². The zero-order valence-electron chi connectivity index (χ0n) is 19.9. The molecule has 0 saturated heterocycles. The van der Waals surface area contributed by atoms with Crippen LogP contribution in [0.5, 0.6) is 17.2 Å². The molecule has 4 aromatic carbocycles. The number of non-ortho nitro benzene ring substituents is 1. The van der Waals surface area contributed by atoms with Crippen LogP contribution in [0.4, 0.5) is 5.69 Å². The zero-order valence-corrected chi connectivity index (χ0v) is 22.1. The van der Waals surface area contributed by atoms with E-state index in [1.165, 1.54) is 25.5 Å². The van der Waals surface area contributed by atoms with Crippen LogP contribution < -0.4 is 19.6 Å². The molecule has 0 heterocycles. The number of fused-ring (bicyclic) bond motifs is 1. The number of amides is 1. The molecule has 10 heteroatoms. The van der Waals surface area contributed by atoms with Crippen molar-refractivity contribution in [2.45, 2.75) is 6.61 Å². The number of hydrogen-bond acceptors (Lipinski definition) is 7. The Balaban J connectivity index is 1.49. The van der Waals surface area contributed by atoms with Gasteiger partial charge in [-0.05, 0) is 62.7 Å². The number of carbonyl (C=O) groups excluding carboxylic acids is 1. The van der Waals surface area contributed by atoms with E-state index in [9.17, 15) is 14.9 Å². The lowest BCUT2D eigenvalue weighted by molar-refractivity contribution is -0.384. The average molecular weight is 611 g/mol. The van der Waals surface area contributed by atoms with Gasteiger partial charge in [0, 0.05) is 12.1 Å². The van der Waals surface area contributed by atoms with Crippen LogP contribution in [-0.2, 0) is 6.61 Å². The van der Waals surface area contributed by atoms with Crippen LogP contribution in [0.25, 0.3) is 10.8 Å². The van der Waals surface area contributed by atoms with Gasteiger partial charge in [-0.3, -0.25) is 14.9 Å². The van der Waals surface area contributed by atoms with Crippen molar-refractivity contribution in [1.82, 2.24) is 5.43 Å². The average Bonchev–Trinajstić information content (AvgIpc) is 2.91. The molecule has 188 valence electrons. The van der Waals surface area contributed by atoms with Crippen molar-refractivity contribution in [2.75, 3.05) is 14.2 Å². The summed E-state index contributed by atoms with van der Waals surface area (Å²) in [7, 11) is 2.92. The third-order valence-corrected chi connectivity index (χ3v) is 6.32. The number of methoxy groups -OCH3 is 2. The highest BCUT2D eigenvalue weighted by atomic mass is 127. The molecule has 0 spiro atoms. The number of nitro benzene ring substituents is 1. The molecule has 9 nitrogen and oxygen atoms in total. The van der Waals surface area contributed by atoms with Crippen molar-refractivity contribution in [3.63, 3.8) is 0 Å². The number of hydrogen-bond donors (Lipinski definition) is 1. The van der Waals surface area contributed by atoms with Gasteiger partial charge in [-0.15, -0.1) is 0 Å². The van der Waals surface area contributed by atoms with Gasteiger partial charge in [-0.1, -0.05) is 42.5 Å². The van der Waals surface area contributed by atoms with E-state index in [1.54, 1.807) is 13.2 Å². The van der Waals surface area contributed by atoms with E-state index in [4.69, 9.17) is 14.2 Å². The van der Waals surface area contributed by atoms with Crippen molar-refractivity contribution in [1.29, 1.82) is 0 Å². The predicted octanol–water partition coefficient (Wildman–Crippen LogP) is 5.71. The van der Waals surface area contributed by atoms with Gasteiger partial charge in [-0.25, -0.2) is 5.43 Å². The number of nitrogens with zero attached hydrogens (tertiary/aromatic N) is 2. The third-order valence-electron chi connectivity index (χ3n) is 5.52. The van der Waals surface area contributed by atoms with Crippen LogP contribution in [0, 0.1) is 13.7 Å². The van der Waals surface area contributed by atoms with Gasteiger partial charge in [0.15, 0.2) is 11.5 Å². The van der Waals surface area contributed by atoms with Crippen molar-refractivity contribution in [3.8, 4) is 17.2 Å². The van der Waals surface area contributed by atoms with Crippen LogP contribution >= 0.6 is 22.6 Å². The first-order valence-electron chi connectivity index (χ1n) is 11.0. The first kappa shape index (κ1) is 25.9. The van der Waals surface area contributed by atoms with Crippen LogP contribution in [0.2, 0.25) is 0 Å². The van der Waals surface area contributed by atoms with E-state index in [-0.39, 0.29) is 17.0 Å². The van der Waals surface area contributed by atoms with Crippen LogP contribution in [0.1, 0.15) is 21.5 Å². The second-order valence-corrected chi connectivity index (χ2v) is 8.96. The fraction of sp³-hybridized carbons (Fsp3) is 0.111. The minimum atomic E-state index is -0.645. The van der Waals surface area contributed by atoms with E-state index >= 15 is 0 Å². The van der Waals surface area contributed by atoms with Gasteiger partial charge in [0.25, 0.3) is 11.6 Å². The number of hydrazone groups is 1. The number of nitro groups is 1. The van der Waals surface area contributed by atoms with E-state index in [0.717, 1.165) is 26.0 Å². The molecule has 0 bridgehead atoms. The molecule has 0 aromatic heterocycles. The molecule has 0 unspecified atom stereocenters. The number of halogens is 1. The highest BCUT2D eigenvalue weighted by Crippen LogP contribution is 2.34. The molecule has 0 aliphatic carbocycles. The summed E-state index contributed by atoms with van der Waals surface area (Å²) in [6.45, 7) is 0.363. The van der Waals surface area contributed by atoms with Gasteiger partial charge in [0.05, 0.1) is 34.5 Å². The van der Waals surface area contributed by atoms with Crippen molar-refractivity contribution >= 4 is 51.2 Å². The van der Waals surface area contributed by atoms with E-state index in [2.05, 4.69) is 51.3 Å². The van der Waals surface area contributed by atoms with Gasteiger partial charge in [0.1, 0.15) is 12.4 Å². The summed E-state index contributed by atoms with van der Waals surface area (Å²) in [5.74, 6) is 0.662. The monoisotopic (exact) mass is 611 g/mol. The van der Waals surface area contributed by atoms with Gasteiger partial charge < -0.3 is 14.2 Å². The summed E-state index contributed by atoms with van der Waals surface area (Å²) in [5, 5.41) is 17.3. The number of carbonyl (C=O) groups is 1. The second kappa shape index (κ2) is 11.7. The van der Waals surface area contributed by atoms with Crippen LogP contribution in [0.15, 0.2) is 77.9 Å². The van der Waals surface area contributed by atoms with Gasteiger partial charge in [-0.2, -0.15) is 5.10 Å².